The van der Waals surface area contributed by atoms with Crippen molar-refractivity contribution in [2.24, 2.45) is 0 Å². The van der Waals surface area contributed by atoms with Gasteiger partial charge in [-0.25, -0.2) is 19.9 Å². The summed E-state index contributed by atoms with van der Waals surface area (Å²) in [6, 6.07) is 65.9. The van der Waals surface area contributed by atoms with Crippen molar-refractivity contribution in [3.05, 3.63) is 199 Å². The molecule has 3 aromatic heterocycles. The van der Waals surface area contributed by atoms with Gasteiger partial charge < -0.3 is 4.57 Å². The minimum absolute atomic E-state index is 0.440. The molecule has 10 rings (SSSR count). The van der Waals surface area contributed by atoms with E-state index in [1.54, 1.807) is 0 Å². The van der Waals surface area contributed by atoms with E-state index in [4.69, 9.17) is 19.9 Å². The lowest BCUT2D eigenvalue weighted by atomic mass is 9.99. The Morgan fingerprint density at radius 3 is 1.24 bits per heavy atom. The van der Waals surface area contributed by atoms with Gasteiger partial charge in [0.15, 0.2) is 11.6 Å². The number of aromatic nitrogens is 5. The summed E-state index contributed by atoms with van der Waals surface area (Å²) in [5, 5.41) is 13.0. The Kier molecular flexibility index (Phi) is 8.66. The largest absolute Gasteiger partial charge is 0.308 e. The highest BCUT2D eigenvalue weighted by Gasteiger charge is 2.25. The molecule has 10 aromatic rings. The van der Waals surface area contributed by atoms with Gasteiger partial charge in [0.05, 0.1) is 51.1 Å². The monoisotopic (exact) mass is 742 g/mol. The predicted molar refractivity (Wildman–Crippen MR) is 234 cm³/mol. The number of benzene rings is 7. The molecule has 272 valence electrons. The van der Waals surface area contributed by atoms with E-state index < -0.39 is 0 Å². The van der Waals surface area contributed by atoms with E-state index >= 15 is 0 Å². The van der Waals surface area contributed by atoms with Crippen LogP contribution in [0.3, 0.4) is 0 Å². The van der Waals surface area contributed by atoms with Crippen LogP contribution in [0.4, 0.5) is 0 Å². The second-order valence-electron chi connectivity index (χ2n) is 14.3. The topological polar surface area (TPSA) is 80.3 Å². The first-order chi connectivity index (χ1) is 28.6. The highest BCUT2D eigenvalue weighted by molar-refractivity contribution is 6.10. The third kappa shape index (κ3) is 6.27. The number of fused-ring (bicyclic) bond motifs is 3. The Labute approximate surface area is 336 Å². The molecule has 7 aromatic carbocycles. The molecule has 0 amide bonds. The molecular formula is C52H34N6. The number of para-hydroxylation sites is 1. The molecule has 0 fully saturated rings. The van der Waals surface area contributed by atoms with Crippen LogP contribution < -0.4 is 0 Å². The molecular weight excluding hydrogens is 709 g/mol. The van der Waals surface area contributed by atoms with E-state index in [0.29, 0.717) is 28.3 Å². The summed E-state index contributed by atoms with van der Waals surface area (Å²) in [7, 11) is 0. The van der Waals surface area contributed by atoms with Crippen LogP contribution in [0.2, 0.25) is 0 Å². The number of nitrogens with zero attached hydrogens (tertiary/aromatic N) is 6. The smallest absolute Gasteiger partial charge is 0.162 e. The zero-order valence-corrected chi connectivity index (χ0v) is 31.6. The molecule has 0 bridgehead atoms. The van der Waals surface area contributed by atoms with E-state index in [-0.39, 0.29) is 0 Å². The molecule has 0 aliphatic heterocycles. The van der Waals surface area contributed by atoms with E-state index in [2.05, 4.69) is 109 Å². The molecule has 0 spiro atoms. The van der Waals surface area contributed by atoms with Crippen LogP contribution in [-0.2, 0) is 0 Å². The number of hydrogen-bond acceptors (Lipinski definition) is 5. The van der Waals surface area contributed by atoms with Crippen molar-refractivity contribution < 1.29 is 0 Å². The van der Waals surface area contributed by atoms with Gasteiger partial charge in [-0.05, 0) is 48.9 Å². The first-order valence-electron chi connectivity index (χ1n) is 19.2. The molecule has 0 aliphatic carbocycles. The molecule has 0 atom stereocenters. The van der Waals surface area contributed by atoms with Crippen molar-refractivity contribution >= 4 is 21.8 Å². The summed E-state index contributed by atoms with van der Waals surface area (Å²) < 4.78 is 2.28. The second kappa shape index (κ2) is 14.6. The summed E-state index contributed by atoms with van der Waals surface area (Å²) in [6.45, 7) is 2.11. The third-order valence-corrected chi connectivity index (χ3v) is 10.5. The maximum absolute atomic E-state index is 10.8. The van der Waals surface area contributed by atoms with Gasteiger partial charge >= 0.3 is 0 Å². The predicted octanol–water partition coefficient (Wildman–Crippen LogP) is 12.5. The number of nitriles is 1. The Hall–Kier alpha value is -8.01. The minimum Gasteiger partial charge on any atom is -0.308 e. The number of rotatable bonds is 7. The van der Waals surface area contributed by atoms with Gasteiger partial charge in [-0.15, -0.1) is 0 Å². The van der Waals surface area contributed by atoms with Crippen LogP contribution >= 0.6 is 0 Å². The van der Waals surface area contributed by atoms with Crippen molar-refractivity contribution in [3.63, 3.8) is 0 Å². The number of aryl methyl sites for hydroxylation is 1. The Bertz CT molecular complexity index is 2910. The van der Waals surface area contributed by atoms with Gasteiger partial charge in [0.25, 0.3) is 0 Å². The summed E-state index contributed by atoms with van der Waals surface area (Å²) in [4.78, 5) is 21.3. The highest BCUT2D eigenvalue weighted by Crippen LogP contribution is 2.42. The summed E-state index contributed by atoms with van der Waals surface area (Å²) in [6.07, 6.45) is 0. The van der Waals surface area contributed by atoms with Crippen LogP contribution in [0.15, 0.2) is 188 Å². The molecule has 0 aliphatic rings. The zero-order chi connectivity index (χ0) is 39.0. The molecule has 0 radical (unpaired) electrons. The maximum Gasteiger partial charge on any atom is 0.162 e. The molecule has 6 nitrogen and oxygen atoms in total. The average molecular weight is 743 g/mol. The number of hydrogen-bond donors (Lipinski definition) is 0. The molecule has 6 heteroatoms. The quantitative estimate of drug-likeness (QED) is 0.162. The fraction of sp³-hybridized carbons (Fsp3) is 0.0192. The summed E-state index contributed by atoms with van der Waals surface area (Å²) in [5.41, 5.74) is 12.6. The van der Waals surface area contributed by atoms with E-state index in [9.17, 15) is 5.26 Å². The van der Waals surface area contributed by atoms with Gasteiger partial charge in [-0.3, -0.25) is 0 Å². The van der Waals surface area contributed by atoms with Crippen LogP contribution in [-0.4, -0.2) is 24.5 Å². The molecule has 0 saturated carbocycles. The second-order valence-corrected chi connectivity index (χ2v) is 14.3. The van der Waals surface area contributed by atoms with Gasteiger partial charge in [-0.1, -0.05) is 152 Å². The SMILES string of the molecule is Cc1ccc2c3ccccc3n(-c3c(-c4nc(-c5ccccc5)cc(-c5ccccc5)n4)cc(C#N)cc3-c3nc(-c4ccccc4)cc(-c4ccccc4)n3)c2c1. The molecule has 3 heterocycles. The summed E-state index contributed by atoms with van der Waals surface area (Å²) in [5.74, 6) is 0.962. The first-order valence-corrected chi connectivity index (χ1v) is 19.2. The van der Waals surface area contributed by atoms with Crippen molar-refractivity contribution in [1.29, 1.82) is 5.26 Å². The first kappa shape index (κ1) is 34.5. The van der Waals surface area contributed by atoms with E-state index in [1.165, 1.54) is 0 Å². The Morgan fingerprint density at radius 2 is 0.810 bits per heavy atom. The molecule has 0 N–H and O–H groups in total. The third-order valence-electron chi connectivity index (χ3n) is 10.5. The minimum atomic E-state index is 0.440. The van der Waals surface area contributed by atoms with Crippen LogP contribution in [0.25, 0.3) is 95.3 Å². The van der Waals surface area contributed by atoms with Crippen LogP contribution in [0.5, 0.6) is 0 Å². The Balaban J connectivity index is 1.37. The highest BCUT2D eigenvalue weighted by atomic mass is 15.0. The van der Waals surface area contributed by atoms with Crippen molar-refractivity contribution in [2.75, 3.05) is 0 Å². The fourth-order valence-corrected chi connectivity index (χ4v) is 7.76. The van der Waals surface area contributed by atoms with Gasteiger partial charge in [0.1, 0.15) is 0 Å². The zero-order valence-electron chi connectivity index (χ0n) is 31.6. The van der Waals surface area contributed by atoms with Gasteiger partial charge in [0, 0.05) is 44.2 Å². The maximum atomic E-state index is 10.8. The average Bonchev–Trinajstić information content (AvgIpc) is 3.62. The molecule has 0 saturated heterocycles. The van der Waals surface area contributed by atoms with Crippen LogP contribution in [0.1, 0.15) is 11.1 Å². The molecule has 58 heavy (non-hydrogen) atoms. The van der Waals surface area contributed by atoms with Crippen molar-refractivity contribution in [2.45, 2.75) is 6.92 Å². The van der Waals surface area contributed by atoms with Gasteiger partial charge in [-0.2, -0.15) is 5.26 Å². The van der Waals surface area contributed by atoms with Crippen molar-refractivity contribution in [1.82, 2.24) is 24.5 Å². The van der Waals surface area contributed by atoms with Crippen molar-refractivity contribution in [3.8, 4) is 79.6 Å². The lowest BCUT2D eigenvalue weighted by molar-refractivity contribution is 1.12. The fourth-order valence-electron chi connectivity index (χ4n) is 7.76. The van der Waals surface area contributed by atoms with E-state index in [1.807, 2.05) is 97.1 Å². The Morgan fingerprint density at radius 1 is 0.414 bits per heavy atom. The lowest BCUT2D eigenvalue weighted by Gasteiger charge is -2.20. The molecule has 0 unspecified atom stereocenters. The van der Waals surface area contributed by atoms with Crippen LogP contribution in [0, 0.1) is 18.3 Å². The lowest BCUT2D eigenvalue weighted by Crippen LogP contribution is -2.06. The van der Waals surface area contributed by atoms with E-state index in [0.717, 1.165) is 78.1 Å². The summed E-state index contributed by atoms with van der Waals surface area (Å²) >= 11 is 0. The normalized spacial score (nSPS) is 11.2. The van der Waals surface area contributed by atoms with Gasteiger partial charge in [0.2, 0.25) is 0 Å². The standard InChI is InChI=1S/C52H34N6/c1-34-26-27-41-40-24-14-15-25-48(40)58(49(41)28-34)50-42(51-54-44(36-16-6-2-7-17-36)31-45(55-51)37-18-8-3-9-19-37)29-35(33-53)30-43(50)52-56-46(38-20-10-4-11-21-38)32-47(57-52)39-22-12-5-13-23-39/h2-32H,1H3.